The number of non-ortho nitro benzene ring substituents is 1. The van der Waals surface area contributed by atoms with E-state index >= 15 is 0 Å². The first kappa shape index (κ1) is 10.7. The van der Waals surface area contributed by atoms with Crippen LogP contribution in [0.2, 0.25) is 0 Å². The predicted octanol–water partition coefficient (Wildman–Crippen LogP) is 0.586. The number of nitro groups is 2. The number of benzene rings is 1. The lowest BCUT2D eigenvalue weighted by molar-refractivity contribution is -0.782. The minimum Gasteiger partial charge on any atom is -0.359 e. The SMILES string of the molecule is Cc1c([N+](=O)[O-])cc([N+](=O)[O-])c2no[n+]([O-])c12. The lowest BCUT2D eigenvalue weighted by atomic mass is 10.1. The molecule has 0 amide bonds. The van der Waals surface area contributed by atoms with Crippen LogP contribution in [0.25, 0.3) is 11.0 Å². The van der Waals surface area contributed by atoms with Crippen molar-refractivity contribution in [3.8, 4) is 0 Å². The molecule has 0 aliphatic rings. The second-order valence-electron chi connectivity index (χ2n) is 3.18. The number of nitro benzene ring substituents is 2. The summed E-state index contributed by atoms with van der Waals surface area (Å²) in [6.45, 7) is 1.29. The highest BCUT2D eigenvalue weighted by molar-refractivity contribution is 5.87. The number of hydrogen-bond acceptors (Lipinski definition) is 7. The van der Waals surface area contributed by atoms with Crippen molar-refractivity contribution in [2.45, 2.75) is 6.92 Å². The molecule has 10 heteroatoms. The number of aryl methyl sites for hydroxylation is 1. The number of fused-ring (bicyclic) bond motifs is 1. The van der Waals surface area contributed by atoms with E-state index < -0.39 is 21.2 Å². The molecule has 1 heterocycles. The van der Waals surface area contributed by atoms with E-state index in [4.69, 9.17) is 0 Å². The Morgan fingerprint density at radius 2 is 1.88 bits per heavy atom. The smallest absolute Gasteiger partial charge is 0.333 e. The molecule has 0 unspecified atom stereocenters. The van der Waals surface area contributed by atoms with Gasteiger partial charge in [0.2, 0.25) is 5.52 Å². The molecular weight excluding hydrogens is 236 g/mol. The van der Waals surface area contributed by atoms with E-state index in [-0.39, 0.29) is 21.5 Å². The summed E-state index contributed by atoms with van der Waals surface area (Å²) in [5.41, 5.74) is -1.83. The summed E-state index contributed by atoms with van der Waals surface area (Å²) in [4.78, 5) is 19.6. The van der Waals surface area contributed by atoms with Gasteiger partial charge in [-0.25, -0.2) is 0 Å². The van der Waals surface area contributed by atoms with Gasteiger partial charge in [0.1, 0.15) is 0 Å². The van der Waals surface area contributed by atoms with E-state index in [1.807, 2.05) is 0 Å². The minimum absolute atomic E-state index is 0.0353. The van der Waals surface area contributed by atoms with Gasteiger partial charge < -0.3 is 5.21 Å². The summed E-state index contributed by atoms with van der Waals surface area (Å²) in [6.07, 6.45) is 0. The molecule has 0 bridgehead atoms. The van der Waals surface area contributed by atoms with Gasteiger partial charge in [0.05, 0.1) is 26.6 Å². The van der Waals surface area contributed by atoms with Gasteiger partial charge in [0.25, 0.3) is 5.69 Å². The van der Waals surface area contributed by atoms with Gasteiger partial charge in [-0.2, -0.15) is 0 Å². The molecule has 2 rings (SSSR count). The molecule has 0 spiro atoms. The molecule has 1 aromatic carbocycles. The van der Waals surface area contributed by atoms with Gasteiger partial charge >= 0.3 is 11.2 Å². The van der Waals surface area contributed by atoms with Crippen LogP contribution in [0.1, 0.15) is 5.56 Å². The minimum atomic E-state index is -0.864. The average molecular weight is 240 g/mol. The standard InChI is InChI=1S/C7H4N4O6/c1-3-4(9(12)13)2-5(10(14)15)6-7(3)11(16)17-8-6/h2H,1H3. The highest BCUT2D eigenvalue weighted by Gasteiger charge is 2.31. The third kappa shape index (κ3) is 1.42. The Hall–Kier alpha value is -2.78. The van der Waals surface area contributed by atoms with Crippen molar-refractivity contribution in [3.05, 3.63) is 37.1 Å². The quantitative estimate of drug-likeness (QED) is 0.424. The van der Waals surface area contributed by atoms with Gasteiger partial charge in [0.15, 0.2) is 0 Å². The molecule has 0 saturated carbocycles. The molecule has 17 heavy (non-hydrogen) atoms. The molecule has 1 aromatic heterocycles. The van der Waals surface area contributed by atoms with Crippen molar-refractivity contribution in [1.29, 1.82) is 0 Å². The summed E-state index contributed by atoms with van der Waals surface area (Å²) in [5.74, 6) is 0. The van der Waals surface area contributed by atoms with Gasteiger partial charge in [-0.1, -0.05) is 0 Å². The molecule has 0 aliphatic heterocycles. The van der Waals surface area contributed by atoms with E-state index in [2.05, 4.69) is 9.79 Å². The maximum Gasteiger partial charge on any atom is 0.333 e. The van der Waals surface area contributed by atoms with E-state index in [1.165, 1.54) is 6.92 Å². The van der Waals surface area contributed by atoms with Crippen LogP contribution < -0.4 is 4.90 Å². The van der Waals surface area contributed by atoms with Crippen LogP contribution in [-0.4, -0.2) is 15.0 Å². The fourth-order valence-corrected chi connectivity index (χ4v) is 1.49. The van der Waals surface area contributed by atoms with Crippen molar-refractivity contribution in [2.75, 3.05) is 0 Å². The van der Waals surface area contributed by atoms with Crippen LogP contribution in [-0.2, 0) is 0 Å². The lowest BCUT2D eigenvalue weighted by Crippen LogP contribution is -2.23. The fraction of sp³-hybridized carbons (Fsp3) is 0.143. The second kappa shape index (κ2) is 3.37. The van der Waals surface area contributed by atoms with Crippen LogP contribution >= 0.6 is 0 Å². The van der Waals surface area contributed by atoms with E-state index in [9.17, 15) is 25.4 Å². The van der Waals surface area contributed by atoms with Gasteiger partial charge in [-0.3, -0.25) is 24.9 Å². The Bertz CT molecular complexity index is 647. The van der Waals surface area contributed by atoms with Crippen molar-refractivity contribution < 1.29 is 19.4 Å². The van der Waals surface area contributed by atoms with Crippen LogP contribution in [0.5, 0.6) is 0 Å². The van der Waals surface area contributed by atoms with E-state index in [0.717, 1.165) is 6.07 Å². The number of rotatable bonds is 2. The zero-order valence-corrected chi connectivity index (χ0v) is 8.32. The molecule has 0 aliphatic carbocycles. The molecule has 0 atom stereocenters. The van der Waals surface area contributed by atoms with Crippen LogP contribution in [0.4, 0.5) is 11.4 Å². The normalized spacial score (nSPS) is 10.6. The van der Waals surface area contributed by atoms with Crippen molar-refractivity contribution in [2.24, 2.45) is 0 Å². The van der Waals surface area contributed by atoms with Crippen LogP contribution in [0.15, 0.2) is 10.7 Å². The molecular formula is C7H4N4O6. The Labute approximate surface area is 91.9 Å². The Kier molecular flexibility index (Phi) is 2.12. The third-order valence-electron chi connectivity index (χ3n) is 2.26. The van der Waals surface area contributed by atoms with E-state index in [0.29, 0.717) is 0 Å². The Morgan fingerprint density at radius 3 is 2.41 bits per heavy atom. The third-order valence-corrected chi connectivity index (χ3v) is 2.26. The number of hydrogen-bond donors (Lipinski definition) is 0. The first-order valence-electron chi connectivity index (χ1n) is 4.25. The van der Waals surface area contributed by atoms with Crippen LogP contribution in [0.3, 0.4) is 0 Å². The van der Waals surface area contributed by atoms with Crippen molar-refractivity contribution in [1.82, 2.24) is 5.16 Å². The van der Waals surface area contributed by atoms with Gasteiger partial charge in [0, 0.05) is 0 Å². The summed E-state index contributed by atoms with van der Waals surface area (Å²) >= 11 is 0. The van der Waals surface area contributed by atoms with Crippen LogP contribution in [0, 0.1) is 32.4 Å². The molecule has 88 valence electrons. The summed E-state index contributed by atoms with van der Waals surface area (Å²) in [7, 11) is 0. The average Bonchev–Trinajstić information content (AvgIpc) is 2.61. The Morgan fingerprint density at radius 1 is 1.29 bits per heavy atom. The largest absolute Gasteiger partial charge is 0.359 e. The monoisotopic (exact) mass is 240 g/mol. The Balaban J connectivity index is 2.97. The number of aromatic nitrogens is 2. The van der Waals surface area contributed by atoms with Gasteiger partial charge in [-0.05, 0) is 11.8 Å². The first-order valence-corrected chi connectivity index (χ1v) is 4.25. The van der Waals surface area contributed by atoms with E-state index in [1.54, 1.807) is 0 Å². The molecule has 0 N–H and O–H groups in total. The number of nitrogens with zero attached hydrogens (tertiary/aromatic N) is 4. The second-order valence-corrected chi connectivity index (χ2v) is 3.18. The zero-order chi connectivity index (χ0) is 12.7. The summed E-state index contributed by atoms with van der Waals surface area (Å²) in [5, 5.41) is 35.8. The van der Waals surface area contributed by atoms with Crippen molar-refractivity contribution in [3.63, 3.8) is 0 Å². The maximum absolute atomic E-state index is 11.2. The fourth-order valence-electron chi connectivity index (χ4n) is 1.49. The van der Waals surface area contributed by atoms with Crippen molar-refractivity contribution >= 4 is 22.4 Å². The maximum atomic E-state index is 11.2. The highest BCUT2D eigenvalue weighted by Crippen LogP contribution is 2.31. The molecule has 0 radical (unpaired) electrons. The highest BCUT2D eigenvalue weighted by atomic mass is 16.8. The van der Waals surface area contributed by atoms with Gasteiger partial charge in [-0.15, -0.1) is 0 Å². The lowest BCUT2D eigenvalue weighted by Gasteiger charge is -1.96. The summed E-state index contributed by atoms with van der Waals surface area (Å²) in [6, 6.07) is 0.750. The zero-order valence-electron chi connectivity index (χ0n) is 8.32. The molecule has 0 saturated heterocycles. The summed E-state index contributed by atoms with van der Waals surface area (Å²) < 4.78 is 4.21. The molecule has 2 aromatic rings. The first-order chi connectivity index (χ1) is 7.93. The predicted molar refractivity (Wildman–Crippen MR) is 51.0 cm³/mol. The molecule has 0 fully saturated rings. The topological polar surface area (TPSA) is 139 Å². The molecule has 10 nitrogen and oxygen atoms in total.